The standard InChI is InChI=1S/C20H24N2O/c1-16(2)22(15-18-6-4-3-5-7-18)13-12-20(23)19-10-8-17(14-21)9-11-19/h3-11,16,20,23H,12-13,15H2,1-2H3. The maximum Gasteiger partial charge on any atom is 0.0991 e. The van der Waals surface area contributed by atoms with Crippen LogP contribution < -0.4 is 0 Å². The third-order valence-corrected chi connectivity index (χ3v) is 4.07. The number of benzene rings is 2. The molecule has 0 aromatic heterocycles. The first-order chi connectivity index (χ1) is 11.1. The van der Waals surface area contributed by atoms with Gasteiger partial charge >= 0.3 is 0 Å². The molecule has 0 saturated carbocycles. The molecule has 3 nitrogen and oxygen atoms in total. The van der Waals surface area contributed by atoms with Crippen molar-refractivity contribution in [1.82, 2.24) is 4.90 Å². The van der Waals surface area contributed by atoms with Crippen LogP contribution in [0.2, 0.25) is 0 Å². The Morgan fingerprint density at radius 1 is 1.04 bits per heavy atom. The van der Waals surface area contributed by atoms with Gasteiger partial charge in [-0.25, -0.2) is 0 Å². The molecular weight excluding hydrogens is 284 g/mol. The molecular formula is C20H24N2O. The van der Waals surface area contributed by atoms with E-state index in [4.69, 9.17) is 5.26 Å². The molecule has 0 aliphatic heterocycles. The molecule has 0 spiro atoms. The van der Waals surface area contributed by atoms with Crippen molar-refractivity contribution in [2.45, 2.75) is 39.0 Å². The molecule has 0 saturated heterocycles. The predicted molar refractivity (Wildman–Crippen MR) is 92.7 cm³/mol. The molecule has 1 atom stereocenters. The topological polar surface area (TPSA) is 47.3 Å². The SMILES string of the molecule is CC(C)N(CCC(O)c1ccc(C#N)cc1)Cc1ccccc1. The summed E-state index contributed by atoms with van der Waals surface area (Å²) in [5.41, 5.74) is 2.77. The normalized spacial score (nSPS) is 12.3. The number of aliphatic hydroxyl groups excluding tert-OH is 1. The molecule has 0 radical (unpaired) electrons. The van der Waals surface area contributed by atoms with Crippen LogP contribution in [0.15, 0.2) is 54.6 Å². The van der Waals surface area contributed by atoms with E-state index in [0.717, 1.165) is 18.7 Å². The molecule has 0 fully saturated rings. The highest BCUT2D eigenvalue weighted by Crippen LogP contribution is 2.19. The molecule has 0 heterocycles. The monoisotopic (exact) mass is 308 g/mol. The van der Waals surface area contributed by atoms with Gasteiger partial charge in [-0.15, -0.1) is 0 Å². The van der Waals surface area contributed by atoms with Crippen molar-refractivity contribution < 1.29 is 5.11 Å². The molecule has 3 heteroatoms. The number of hydrogen-bond acceptors (Lipinski definition) is 3. The predicted octanol–water partition coefficient (Wildman–Crippen LogP) is 3.89. The van der Waals surface area contributed by atoms with Crippen LogP contribution >= 0.6 is 0 Å². The molecule has 2 aromatic rings. The highest BCUT2D eigenvalue weighted by Gasteiger charge is 2.14. The van der Waals surface area contributed by atoms with Gasteiger partial charge < -0.3 is 5.11 Å². The van der Waals surface area contributed by atoms with Crippen LogP contribution in [-0.2, 0) is 6.54 Å². The Morgan fingerprint density at radius 3 is 2.26 bits per heavy atom. The van der Waals surface area contributed by atoms with Crippen molar-refractivity contribution in [3.63, 3.8) is 0 Å². The van der Waals surface area contributed by atoms with Gasteiger partial charge in [0.05, 0.1) is 17.7 Å². The van der Waals surface area contributed by atoms with E-state index in [9.17, 15) is 5.11 Å². The lowest BCUT2D eigenvalue weighted by Gasteiger charge is -2.27. The lowest BCUT2D eigenvalue weighted by Crippen LogP contribution is -2.32. The van der Waals surface area contributed by atoms with Gasteiger partial charge in [-0.05, 0) is 43.5 Å². The van der Waals surface area contributed by atoms with Gasteiger partial charge in [0.15, 0.2) is 0 Å². The van der Waals surface area contributed by atoms with E-state index in [1.165, 1.54) is 5.56 Å². The van der Waals surface area contributed by atoms with E-state index in [2.05, 4.69) is 49.1 Å². The summed E-state index contributed by atoms with van der Waals surface area (Å²) in [6.07, 6.45) is 0.177. The minimum absolute atomic E-state index is 0.420. The van der Waals surface area contributed by atoms with Crippen LogP contribution in [0.1, 0.15) is 43.1 Å². The zero-order chi connectivity index (χ0) is 16.7. The van der Waals surface area contributed by atoms with E-state index in [1.807, 2.05) is 18.2 Å². The van der Waals surface area contributed by atoms with E-state index >= 15 is 0 Å². The summed E-state index contributed by atoms with van der Waals surface area (Å²) in [6, 6.07) is 20.1. The van der Waals surface area contributed by atoms with E-state index < -0.39 is 6.10 Å². The van der Waals surface area contributed by atoms with Gasteiger partial charge in [-0.2, -0.15) is 5.26 Å². The van der Waals surface area contributed by atoms with Crippen LogP contribution in [0.5, 0.6) is 0 Å². The van der Waals surface area contributed by atoms with Crippen LogP contribution in [0.3, 0.4) is 0 Å². The summed E-state index contributed by atoms with van der Waals surface area (Å²) in [5, 5.41) is 19.2. The van der Waals surface area contributed by atoms with E-state index in [0.29, 0.717) is 18.0 Å². The van der Waals surface area contributed by atoms with Crippen LogP contribution in [0.25, 0.3) is 0 Å². The Labute approximate surface area is 138 Å². The van der Waals surface area contributed by atoms with Crippen molar-refractivity contribution >= 4 is 0 Å². The number of aliphatic hydroxyl groups is 1. The third-order valence-electron chi connectivity index (χ3n) is 4.07. The highest BCUT2D eigenvalue weighted by molar-refractivity contribution is 5.32. The minimum Gasteiger partial charge on any atom is -0.388 e. The minimum atomic E-state index is -0.500. The van der Waals surface area contributed by atoms with Crippen LogP contribution in [0, 0.1) is 11.3 Å². The van der Waals surface area contributed by atoms with Crippen molar-refractivity contribution in [2.75, 3.05) is 6.54 Å². The van der Waals surface area contributed by atoms with Gasteiger partial charge in [0, 0.05) is 19.1 Å². The lowest BCUT2D eigenvalue weighted by molar-refractivity contribution is 0.127. The van der Waals surface area contributed by atoms with E-state index in [-0.39, 0.29) is 0 Å². The van der Waals surface area contributed by atoms with E-state index in [1.54, 1.807) is 12.1 Å². The fourth-order valence-corrected chi connectivity index (χ4v) is 2.57. The molecule has 1 unspecified atom stereocenters. The molecule has 2 rings (SSSR count). The van der Waals surface area contributed by atoms with Crippen molar-refractivity contribution in [3.05, 3.63) is 71.3 Å². The van der Waals surface area contributed by atoms with Crippen molar-refractivity contribution in [2.24, 2.45) is 0 Å². The first kappa shape index (κ1) is 17.2. The molecule has 2 aromatic carbocycles. The first-order valence-electron chi connectivity index (χ1n) is 8.06. The molecule has 1 N–H and O–H groups in total. The molecule has 120 valence electrons. The second kappa shape index (κ2) is 8.47. The van der Waals surface area contributed by atoms with Gasteiger partial charge in [0.2, 0.25) is 0 Å². The maximum atomic E-state index is 10.4. The van der Waals surface area contributed by atoms with Crippen molar-refractivity contribution in [1.29, 1.82) is 5.26 Å². The largest absolute Gasteiger partial charge is 0.388 e. The summed E-state index contributed by atoms with van der Waals surface area (Å²) < 4.78 is 0. The Kier molecular flexibility index (Phi) is 6.34. The molecule has 0 aliphatic carbocycles. The van der Waals surface area contributed by atoms with Crippen LogP contribution in [0.4, 0.5) is 0 Å². The second-order valence-corrected chi connectivity index (χ2v) is 6.09. The summed E-state index contributed by atoms with van der Waals surface area (Å²) in [4.78, 5) is 2.36. The van der Waals surface area contributed by atoms with Gasteiger partial charge in [0.25, 0.3) is 0 Å². The Morgan fingerprint density at radius 2 is 1.70 bits per heavy atom. The summed E-state index contributed by atoms with van der Waals surface area (Å²) in [6.45, 7) is 6.07. The fourth-order valence-electron chi connectivity index (χ4n) is 2.57. The molecule has 23 heavy (non-hydrogen) atoms. The van der Waals surface area contributed by atoms with Crippen molar-refractivity contribution in [3.8, 4) is 6.07 Å². The molecule has 0 aliphatic rings. The smallest absolute Gasteiger partial charge is 0.0991 e. The summed E-state index contributed by atoms with van der Waals surface area (Å²) in [7, 11) is 0. The number of nitrogens with zero attached hydrogens (tertiary/aromatic N) is 2. The second-order valence-electron chi connectivity index (χ2n) is 6.09. The Hall–Kier alpha value is -2.15. The highest BCUT2D eigenvalue weighted by atomic mass is 16.3. The maximum absolute atomic E-state index is 10.4. The quantitative estimate of drug-likeness (QED) is 0.844. The van der Waals surface area contributed by atoms with Gasteiger partial charge in [0.1, 0.15) is 0 Å². The molecule has 0 amide bonds. The summed E-state index contributed by atoms with van der Waals surface area (Å²) >= 11 is 0. The van der Waals surface area contributed by atoms with Crippen LogP contribution in [-0.4, -0.2) is 22.6 Å². The Bertz CT molecular complexity index is 629. The lowest BCUT2D eigenvalue weighted by atomic mass is 10.0. The number of hydrogen-bond donors (Lipinski definition) is 1. The molecule has 0 bridgehead atoms. The number of rotatable bonds is 7. The fraction of sp³-hybridized carbons (Fsp3) is 0.350. The van der Waals surface area contributed by atoms with Gasteiger partial charge in [-0.3, -0.25) is 4.90 Å². The number of nitriles is 1. The average molecular weight is 308 g/mol. The summed E-state index contributed by atoms with van der Waals surface area (Å²) in [5.74, 6) is 0. The average Bonchev–Trinajstić information content (AvgIpc) is 2.59. The first-order valence-corrected chi connectivity index (χ1v) is 8.06. The Balaban J connectivity index is 1.93. The zero-order valence-corrected chi connectivity index (χ0v) is 13.8. The van der Waals surface area contributed by atoms with Gasteiger partial charge in [-0.1, -0.05) is 42.5 Å². The zero-order valence-electron chi connectivity index (χ0n) is 13.8. The third kappa shape index (κ3) is 5.21.